The van der Waals surface area contributed by atoms with Crippen molar-refractivity contribution < 1.29 is 0 Å². The van der Waals surface area contributed by atoms with Crippen LogP contribution in [0.2, 0.25) is 10.2 Å². The van der Waals surface area contributed by atoms with Crippen molar-refractivity contribution in [2.45, 2.75) is 44.1 Å². The van der Waals surface area contributed by atoms with Crippen molar-refractivity contribution in [3.63, 3.8) is 0 Å². The molecule has 0 radical (unpaired) electrons. The maximum absolute atomic E-state index is 13.7. The van der Waals surface area contributed by atoms with Crippen LogP contribution in [0.3, 0.4) is 0 Å². The number of benzene rings is 2. The number of rotatable bonds is 4. The third kappa shape index (κ3) is 3.85. The zero-order chi connectivity index (χ0) is 27.1. The van der Waals surface area contributed by atoms with Gasteiger partial charge in [0.25, 0.3) is 5.56 Å². The molecule has 0 spiro atoms. The van der Waals surface area contributed by atoms with E-state index in [9.17, 15) is 4.79 Å². The lowest BCUT2D eigenvalue weighted by atomic mass is 9.86. The van der Waals surface area contributed by atoms with Crippen LogP contribution in [0.15, 0.2) is 88.4 Å². The molecule has 2 aromatic carbocycles. The summed E-state index contributed by atoms with van der Waals surface area (Å²) in [6.07, 6.45) is 8.60. The fourth-order valence-electron chi connectivity index (χ4n) is 6.86. The first kappa shape index (κ1) is 24.1. The van der Waals surface area contributed by atoms with Crippen LogP contribution in [0, 0.1) is 5.92 Å². The Bertz CT molecular complexity index is 1880. The van der Waals surface area contributed by atoms with Crippen molar-refractivity contribution in [1.82, 2.24) is 19.6 Å². The summed E-state index contributed by atoms with van der Waals surface area (Å²) in [5.41, 5.74) is 11.1. The lowest BCUT2D eigenvalue weighted by Crippen LogP contribution is -2.26. The predicted octanol–water partition coefficient (Wildman–Crippen LogP) is 6.88. The summed E-state index contributed by atoms with van der Waals surface area (Å²) in [6.45, 7) is 4.17. The number of halogens is 2. The Labute approximate surface area is 241 Å². The van der Waals surface area contributed by atoms with Gasteiger partial charge in [-0.05, 0) is 89.8 Å². The number of hydrogen-bond donors (Lipinski definition) is 0. The normalized spacial score (nSPS) is 22.4. The molecule has 2 aliphatic carbocycles. The second-order valence-corrected chi connectivity index (χ2v) is 12.2. The van der Waals surface area contributed by atoms with Gasteiger partial charge in [-0.25, -0.2) is 4.68 Å². The fraction of sp³-hybridized carbons (Fsp3) is 0.250. The third-order valence-corrected chi connectivity index (χ3v) is 9.26. The molecule has 3 atom stereocenters. The molecule has 2 aliphatic heterocycles. The molecule has 4 aliphatic rings. The summed E-state index contributed by atoms with van der Waals surface area (Å²) in [6, 6.07) is 16.2. The molecule has 8 heteroatoms. The zero-order valence-electron chi connectivity index (χ0n) is 21.6. The second kappa shape index (κ2) is 8.88. The maximum Gasteiger partial charge on any atom is 0.251 e. The van der Waals surface area contributed by atoms with Crippen molar-refractivity contribution in [3.05, 3.63) is 122 Å². The van der Waals surface area contributed by atoms with Gasteiger partial charge in [0, 0.05) is 40.9 Å². The van der Waals surface area contributed by atoms with Crippen LogP contribution in [-0.4, -0.2) is 25.3 Å². The second-order valence-electron chi connectivity index (χ2n) is 11.3. The minimum absolute atomic E-state index is 0.00407. The van der Waals surface area contributed by atoms with E-state index in [0.717, 1.165) is 60.3 Å². The summed E-state index contributed by atoms with van der Waals surface area (Å²) in [7, 11) is 0. The average molecular weight is 566 g/mol. The number of hydrogen-bond acceptors (Lipinski definition) is 4. The van der Waals surface area contributed by atoms with Gasteiger partial charge in [0.05, 0.1) is 23.6 Å². The van der Waals surface area contributed by atoms with Crippen molar-refractivity contribution in [2.75, 3.05) is 0 Å². The maximum atomic E-state index is 13.7. The zero-order valence-corrected chi connectivity index (χ0v) is 23.2. The molecular formula is C32H25Cl2N5O. The van der Waals surface area contributed by atoms with Gasteiger partial charge in [-0.1, -0.05) is 52.7 Å². The molecule has 0 N–H and O–H groups in total. The first-order valence-corrected chi connectivity index (χ1v) is 14.4. The minimum Gasteiger partial charge on any atom is -0.305 e. The number of nitrogens with zero attached hydrogens (tertiary/aromatic N) is 5. The summed E-state index contributed by atoms with van der Waals surface area (Å²) >= 11 is 12.4. The molecule has 4 heterocycles. The van der Waals surface area contributed by atoms with Crippen LogP contribution in [0.1, 0.15) is 53.6 Å². The molecule has 4 aromatic rings. The quantitative estimate of drug-likeness (QED) is 0.253. The molecule has 8 rings (SSSR count). The summed E-state index contributed by atoms with van der Waals surface area (Å²) in [4.78, 5) is 18.6. The first-order chi connectivity index (χ1) is 19.4. The van der Waals surface area contributed by atoms with Gasteiger partial charge in [-0.15, -0.1) is 5.10 Å². The van der Waals surface area contributed by atoms with Crippen molar-refractivity contribution in [2.24, 2.45) is 10.9 Å². The third-order valence-electron chi connectivity index (χ3n) is 8.85. The molecule has 1 saturated carbocycles. The van der Waals surface area contributed by atoms with E-state index < -0.39 is 0 Å². The molecule has 1 fully saturated rings. The minimum atomic E-state index is -0.00407. The summed E-state index contributed by atoms with van der Waals surface area (Å²) < 4.78 is 3.61. The van der Waals surface area contributed by atoms with Gasteiger partial charge < -0.3 is 4.57 Å². The lowest BCUT2D eigenvalue weighted by Gasteiger charge is -2.21. The standard InChI is InChI=1S/C32H25Cl2N5O/c1-17-2-3-19-9-20(5-4-18(19)8-17)27-10-22(15-35-27)32-26-14-25(26)29-11-21(12-31(40)39(29)32)24-13-23(33)6-7-28(24)38-16-30(34)36-37-38/h4-7,9,11-13,15-16,25-26,32H,1-3,8,10,14H2. The molecular weight excluding hydrogens is 541 g/mol. The van der Waals surface area contributed by atoms with Crippen molar-refractivity contribution in [1.29, 1.82) is 0 Å². The van der Waals surface area contributed by atoms with Crippen molar-refractivity contribution in [3.8, 4) is 16.8 Å². The average Bonchev–Trinajstić information content (AvgIpc) is 3.23. The summed E-state index contributed by atoms with van der Waals surface area (Å²) in [5, 5.41) is 8.92. The van der Waals surface area contributed by atoms with E-state index in [2.05, 4.69) is 41.2 Å². The Morgan fingerprint density at radius 2 is 1.85 bits per heavy atom. The molecule has 0 saturated heterocycles. The number of pyridine rings is 1. The highest BCUT2D eigenvalue weighted by Crippen LogP contribution is 2.61. The van der Waals surface area contributed by atoms with Gasteiger partial charge in [0.2, 0.25) is 0 Å². The molecule has 0 bridgehead atoms. The number of allylic oxidation sites excluding steroid dienone is 2. The van der Waals surface area contributed by atoms with Crippen LogP contribution in [0.4, 0.5) is 0 Å². The summed E-state index contributed by atoms with van der Waals surface area (Å²) in [5.74, 6) is 0.814. The van der Waals surface area contributed by atoms with E-state index in [1.807, 2.05) is 22.9 Å². The van der Waals surface area contributed by atoms with E-state index in [1.54, 1.807) is 23.0 Å². The van der Waals surface area contributed by atoms with E-state index >= 15 is 0 Å². The van der Waals surface area contributed by atoms with E-state index in [0.29, 0.717) is 22.0 Å². The van der Waals surface area contributed by atoms with E-state index in [1.165, 1.54) is 27.8 Å². The number of aromatic nitrogens is 4. The molecule has 0 amide bonds. The van der Waals surface area contributed by atoms with Crippen molar-refractivity contribution >= 4 is 28.9 Å². The Morgan fingerprint density at radius 3 is 2.70 bits per heavy atom. The lowest BCUT2D eigenvalue weighted by molar-refractivity contribution is 0.524. The SMILES string of the molecule is C=C1CCc2cc(C3=NC=C(C4C5CC5c5cc(-c6cc(Cl)ccc6-n6cc(Cl)nn6)cc(=O)n54)C3)ccc2C1. The highest BCUT2D eigenvalue weighted by molar-refractivity contribution is 6.31. The van der Waals surface area contributed by atoms with Crippen LogP contribution in [0.5, 0.6) is 0 Å². The van der Waals surface area contributed by atoms with Gasteiger partial charge in [-0.2, -0.15) is 0 Å². The van der Waals surface area contributed by atoms with Gasteiger partial charge in [-0.3, -0.25) is 9.79 Å². The molecule has 2 aromatic heterocycles. The fourth-order valence-corrected chi connectivity index (χ4v) is 7.16. The van der Waals surface area contributed by atoms with Crippen LogP contribution in [-0.2, 0) is 12.8 Å². The Kier molecular flexibility index (Phi) is 5.35. The largest absolute Gasteiger partial charge is 0.305 e. The van der Waals surface area contributed by atoms with Crippen LogP contribution < -0.4 is 5.56 Å². The van der Waals surface area contributed by atoms with Crippen LogP contribution >= 0.6 is 23.2 Å². The topological polar surface area (TPSA) is 65.1 Å². The Morgan fingerprint density at radius 1 is 0.950 bits per heavy atom. The Balaban J connectivity index is 1.11. The molecule has 198 valence electrons. The Hall–Kier alpha value is -3.74. The molecule has 3 unspecified atom stereocenters. The van der Waals surface area contributed by atoms with Gasteiger partial charge in [0.15, 0.2) is 5.15 Å². The number of aliphatic imine (C=N–C) groups is 1. The predicted molar refractivity (Wildman–Crippen MR) is 158 cm³/mol. The first-order valence-electron chi connectivity index (χ1n) is 13.6. The molecule has 40 heavy (non-hydrogen) atoms. The number of fused-ring (bicyclic) bond motifs is 4. The van der Waals surface area contributed by atoms with E-state index in [-0.39, 0.29) is 11.6 Å². The smallest absolute Gasteiger partial charge is 0.251 e. The van der Waals surface area contributed by atoms with Crippen LogP contribution in [0.25, 0.3) is 16.8 Å². The highest BCUT2D eigenvalue weighted by atomic mass is 35.5. The van der Waals surface area contributed by atoms with E-state index in [4.69, 9.17) is 28.2 Å². The van der Waals surface area contributed by atoms with Gasteiger partial charge in [0.1, 0.15) is 0 Å². The highest BCUT2D eigenvalue weighted by Gasteiger charge is 2.54. The molecule has 6 nitrogen and oxygen atoms in total. The van der Waals surface area contributed by atoms with Gasteiger partial charge >= 0.3 is 0 Å². The monoisotopic (exact) mass is 565 g/mol. The number of aryl methyl sites for hydroxylation is 1.